The van der Waals surface area contributed by atoms with Crippen LogP contribution in [0.1, 0.15) is 28.8 Å². The number of hydrogen-bond acceptors (Lipinski definition) is 5. The molecular formula is C22H22FN3O3. The Morgan fingerprint density at radius 2 is 2.03 bits per heavy atom. The molecule has 1 fully saturated rings. The van der Waals surface area contributed by atoms with Crippen molar-refractivity contribution in [2.45, 2.75) is 26.4 Å². The standard InChI is InChI=1S/C22H22FN3O3/c1-14-22(15(2)29-25-14)19-9-5-8-18(24-19)20-13-26(10-11-28-20)21(27)12-16-6-3-4-7-17(16)23/h3-9,20H,10-13H2,1-2H3/t20-/m1/s1. The molecule has 1 amide bonds. The average molecular weight is 395 g/mol. The first-order valence-electron chi connectivity index (χ1n) is 9.56. The lowest BCUT2D eigenvalue weighted by Crippen LogP contribution is -2.43. The first-order chi connectivity index (χ1) is 14.0. The summed E-state index contributed by atoms with van der Waals surface area (Å²) in [6, 6.07) is 12.1. The van der Waals surface area contributed by atoms with Crippen molar-refractivity contribution in [2.24, 2.45) is 0 Å². The van der Waals surface area contributed by atoms with Gasteiger partial charge in [-0.2, -0.15) is 0 Å². The van der Waals surface area contributed by atoms with Gasteiger partial charge < -0.3 is 14.2 Å². The van der Waals surface area contributed by atoms with Crippen LogP contribution in [0.25, 0.3) is 11.3 Å². The molecule has 0 saturated carbocycles. The first kappa shape index (κ1) is 19.3. The highest BCUT2D eigenvalue weighted by Crippen LogP contribution is 2.28. The van der Waals surface area contributed by atoms with Gasteiger partial charge in [-0.25, -0.2) is 9.37 Å². The van der Waals surface area contributed by atoms with Crippen LogP contribution < -0.4 is 0 Å². The highest BCUT2D eigenvalue weighted by molar-refractivity contribution is 5.79. The molecule has 1 aliphatic heterocycles. The van der Waals surface area contributed by atoms with Crippen LogP contribution in [-0.4, -0.2) is 40.6 Å². The van der Waals surface area contributed by atoms with Gasteiger partial charge in [-0.15, -0.1) is 0 Å². The lowest BCUT2D eigenvalue weighted by atomic mass is 10.1. The van der Waals surface area contributed by atoms with Gasteiger partial charge in [-0.1, -0.05) is 29.4 Å². The number of carbonyl (C=O) groups is 1. The maximum Gasteiger partial charge on any atom is 0.227 e. The van der Waals surface area contributed by atoms with E-state index in [1.165, 1.54) is 6.07 Å². The van der Waals surface area contributed by atoms with Crippen LogP contribution >= 0.6 is 0 Å². The first-order valence-corrected chi connectivity index (χ1v) is 9.56. The molecule has 0 unspecified atom stereocenters. The van der Waals surface area contributed by atoms with Crippen LogP contribution in [-0.2, 0) is 16.0 Å². The van der Waals surface area contributed by atoms with Gasteiger partial charge in [0.15, 0.2) is 0 Å². The molecule has 0 bridgehead atoms. The number of morpholine rings is 1. The summed E-state index contributed by atoms with van der Waals surface area (Å²) in [7, 11) is 0. The van der Waals surface area contributed by atoms with Gasteiger partial charge in [-0.3, -0.25) is 4.79 Å². The molecule has 29 heavy (non-hydrogen) atoms. The average Bonchev–Trinajstić information content (AvgIpc) is 3.08. The van der Waals surface area contributed by atoms with Gasteiger partial charge in [0.05, 0.1) is 42.2 Å². The van der Waals surface area contributed by atoms with Crippen LogP contribution in [0.15, 0.2) is 47.0 Å². The number of carbonyl (C=O) groups excluding carboxylic acids is 1. The summed E-state index contributed by atoms with van der Waals surface area (Å²) < 4.78 is 25.0. The zero-order valence-electron chi connectivity index (χ0n) is 16.4. The quantitative estimate of drug-likeness (QED) is 0.675. The summed E-state index contributed by atoms with van der Waals surface area (Å²) in [4.78, 5) is 19.1. The Morgan fingerprint density at radius 3 is 2.79 bits per heavy atom. The molecule has 0 spiro atoms. The predicted octanol–water partition coefficient (Wildman–Crippen LogP) is 3.64. The van der Waals surface area contributed by atoms with Crippen LogP contribution in [0.3, 0.4) is 0 Å². The van der Waals surface area contributed by atoms with Crippen LogP contribution in [0.4, 0.5) is 4.39 Å². The highest BCUT2D eigenvalue weighted by Gasteiger charge is 2.27. The van der Waals surface area contributed by atoms with Gasteiger partial charge in [0.25, 0.3) is 0 Å². The van der Waals surface area contributed by atoms with Crippen molar-refractivity contribution in [1.82, 2.24) is 15.0 Å². The molecule has 1 aliphatic rings. The SMILES string of the molecule is Cc1noc(C)c1-c1cccc([C@H]2CN(C(=O)Cc3ccccc3F)CCO2)n1. The largest absolute Gasteiger partial charge is 0.368 e. The number of benzene rings is 1. The van der Waals surface area contributed by atoms with Crippen LogP contribution in [0.2, 0.25) is 0 Å². The van der Waals surface area contributed by atoms with E-state index < -0.39 is 0 Å². The van der Waals surface area contributed by atoms with E-state index >= 15 is 0 Å². The molecule has 6 nitrogen and oxygen atoms in total. The molecule has 2 aromatic heterocycles. The second-order valence-corrected chi connectivity index (χ2v) is 7.11. The van der Waals surface area contributed by atoms with Gasteiger partial charge >= 0.3 is 0 Å². The van der Waals surface area contributed by atoms with E-state index in [4.69, 9.17) is 14.2 Å². The number of pyridine rings is 1. The lowest BCUT2D eigenvalue weighted by molar-refractivity contribution is -0.138. The molecule has 3 heterocycles. The fraction of sp³-hybridized carbons (Fsp3) is 0.318. The van der Waals surface area contributed by atoms with Crippen molar-refractivity contribution in [1.29, 1.82) is 0 Å². The van der Waals surface area contributed by atoms with E-state index in [1.54, 1.807) is 23.1 Å². The summed E-state index contributed by atoms with van der Waals surface area (Å²) in [5.41, 5.74) is 3.55. The number of hydrogen-bond donors (Lipinski definition) is 0. The zero-order valence-corrected chi connectivity index (χ0v) is 16.4. The third-order valence-electron chi connectivity index (χ3n) is 5.11. The van der Waals surface area contributed by atoms with E-state index in [-0.39, 0.29) is 24.2 Å². The molecule has 0 N–H and O–H groups in total. The van der Waals surface area contributed by atoms with E-state index in [2.05, 4.69) is 5.16 Å². The number of nitrogens with zero attached hydrogens (tertiary/aromatic N) is 3. The Kier molecular flexibility index (Phi) is 5.40. The van der Waals surface area contributed by atoms with Crippen molar-refractivity contribution in [2.75, 3.05) is 19.7 Å². The Balaban J connectivity index is 1.51. The molecule has 0 aliphatic carbocycles. The van der Waals surface area contributed by atoms with Gasteiger partial charge in [0, 0.05) is 6.54 Å². The van der Waals surface area contributed by atoms with Crippen molar-refractivity contribution >= 4 is 5.91 Å². The third-order valence-corrected chi connectivity index (χ3v) is 5.11. The maximum atomic E-state index is 13.9. The lowest BCUT2D eigenvalue weighted by Gasteiger charge is -2.33. The number of ether oxygens (including phenoxy) is 1. The Bertz CT molecular complexity index is 1010. The number of aryl methyl sites for hydroxylation is 2. The van der Waals surface area contributed by atoms with Crippen molar-refractivity contribution in [3.8, 4) is 11.3 Å². The molecule has 1 atom stereocenters. The summed E-state index contributed by atoms with van der Waals surface area (Å²) in [5, 5.41) is 3.99. The predicted molar refractivity (Wildman–Crippen MR) is 105 cm³/mol. The third kappa shape index (κ3) is 4.05. The summed E-state index contributed by atoms with van der Waals surface area (Å²) in [6.07, 6.45) is -0.305. The van der Waals surface area contributed by atoms with Crippen molar-refractivity contribution < 1.29 is 18.4 Å². The van der Waals surface area contributed by atoms with E-state index in [0.29, 0.717) is 31.0 Å². The van der Waals surface area contributed by atoms with Gasteiger partial charge in [0.2, 0.25) is 5.91 Å². The molecule has 1 aromatic carbocycles. The van der Waals surface area contributed by atoms with Crippen LogP contribution in [0, 0.1) is 19.7 Å². The Labute approximate surface area is 168 Å². The summed E-state index contributed by atoms with van der Waals surface area (Å²) >= 11 is 0. The number of halogens is 1. The van der Waals surface area contributed by atoms with E-state index in [0.717, 1.165) is 22.6 Å². The minimum absolute atomic E-state index is 0.0337. The van der Waals surface area contributed by atoms with Gasteiger partial charge in [-0.05, 0) is 37.6 Å². The zero-order chi connectivity index (χ0) is 20.4. The normalized spacial score (nSPS) is 16.8. The molecule has 3 aromatic rings. The van der Waals surface area contributed by atoms with E-state index in [1.807, 2.05) is 32.0 Å². The minimum atomic E-state index is -0.362. The highest BCUT2D eigenvalue weighted by atomic mass is 19.1. The molecular weight excluding hydrogens is 373 g/mol. The monoisotopic (exact) mass is 395 g/mol. The molecule has 150 valence electrons. The second-order valence-electron chi connectivity index (χ2n) is 7.11. The van der Waals surface area contributed by atoms with Crippen LogP contribution in [0.5, 0.6) is 0 Å². The molecule has 0 radical (unpaired) electrons. The maximum absolute atomic E-state index is 13.9. The smallest absolute Gasteiger partial charge is 0.227 e. The molecule has 4 rings (SSSR count). The van der Waals surface area contributed by atoms with Gasteiger partial charge in [0.1, 0.15) is 17.7 Å². The number of rotatable bonds is 4. The fourth-order valence-electron chi connectivity index (χ4n) is 3.59. The summed E-state index contributed by atoms with van der Waals surface area (Å²) in [5.74, 6) is 0.225. The van der Waals surface area contributed by atoms with E-state index in [9.17, 15) is 9.18 Å². The van der Waals surface area contributed by atoms with Crippen molar-refractivity contribution in [3.05, 3.63) is 71.0 Å². The molecule has 1 saturated heterocycles. The number of amides is 1. The molecule has 7 heteroatoms. The minimum Gasteiger partial charge on any atom is -0.368 e. The fourth-order valence-corrected chi connectivity index (χ4v) is 3.59. The second kappa shape index (κ2) is 8.13. The van der Waals surface area contributed by atoms with Crippen molar-refractivity contribution in [3.63, 3.8) is 0 Å². The number of aromatic nitrogens is 2. The topological polar surface area (TPSA) is 68.5 Å². The summed E-state index contributed by atoms with van der Waals surface area (Å²) in [6.45, 7) is 4.99. The Morgan fingerprint density at radius 1 is 1.21 bits per heavy atom. The Hall–Kier alpha value is -3.06.